The standard InChI is InChI=1S/C24H27N3O2S/c1-17-6-4-7-21(18(17)2)27-15-13-25-24(27)30-16-23(28)26-14-5-8-22(26)19-9-11-20(29-3)12-10-19/h4,6-7,9-13,15,22H,5,8,14,16H2,1-3H3. The summed E-state index contributed by atoms with van der Waals surface area (Å²) < 4.78 is 7.33. The van der Waals surface area contributed by atoms with Gasteiger partial charge in [-0.25, -0.2) is 4.98 Å². The van der Waals surface area contributed by atoms with Gasteiger partial charge < -0.3 is 9.64 Å². The van der Waals surface area contributed by atoms with E-state index in [0.717, 1.165) is 36.0 Å². The SMILES string of the molecule is COc1ccc(C2CCCN2C(=O)CSc2nccn2-c2cccc(C)c2C)cc1. The largest absolute Gasteiger partial charge is 0.497 e. The van der Waals surface area contributed by atoms with Crippen molar-refractivity contribution in [3.05, 3.63) is 71.5 Å². The molecule has 1 saturated heterocycles. The van der Waals surface area contributed by atoms with Gasteiger partial charge in [-0.3, -0.25) is 9.36 Å². The van der Waals surface area contributed by atoms with Crippen LogP contribution in [0, 0.1) is 13.8 Å². The summed E-state index contributed by atoms with van der Waals surface area (Å²) in [5, 5.41) is 0.845. The van der Waals surface area contributed by atoms with Crippen LogP contribution in [0.1, 0.15) is 35.6 Å². The van der Waals surface area contributed by atoms with Gasteiger partial charge in [0, 0.05) is 18.9 Å². The van der Waals surface area contributed by atoms with E-state index in [4.69, 9.17) is 4.74 Å². The fraction of sp³-hybridized carbons (Fsp3) is 0.333. The molecule has 1 aliphatic heterocycles. The molecule has 1 fully saturated rings. The van der Waals surface area contributed by atoms with Crippen molar-refractivity contribution in [1.82, 2.24) is 14.5 Å². The van der Waals surface area contributed by atoms with E-state index in [-0.39, 0.29) is 11.9 Å². The van der Waals surface area contributed by atoms with Crippen LogP contribution in [0.4, 0.5) is 0 Å². The Labute approximate surface area is 182 Å². The maximum atomic E-state index is 13.1. The fourth-order valence-electron chi connectivity index (χ4n) is 4.02. The second-order valence-corrected chi connectivity index (χ2v) is 8.55. The molecule has 1 aliphatic rings. The molecule has 1 atom stereocenters. The van der Waals surface area contributed by atoms with Crippen molar-refractivity contribution < 1.29 is 9.53 Å². The topological polar surface area (TPSA) is 47.4 Å². The molecule has 0 radical (unpaired) electrons. The van der Waals surface area contributed by atoms with Crippen LogP contribution < -0.4 is 4.74 Å². The Hall–Kier alpha value is -2.73. The quantitative estimate of drug-likeness (QED) is 0.528. The van der Waals surface area contributed by atoms with Crippen molar-refractivity contribution in [3.63, 3.8) is 0 Å². The number of hydrogen-bond acceptors (Lipinski definition) is 4. The van der Waals surface area contributed by atoms with Gasteiger partial charge in [-0.15, -0.1) is 0 Å². The third-order valence-corrected chi connectivity index (χ3v) is 6.79. The molecule has 4 rings (SSSR count). The third-order valence-electron chi connectivity index (χ3n) is 5.84. The van der Waals surface area contributed by atoms with Gasteiger partial charge in [-0.1, -0.05) is 36.0 Å². The minimum absolute atomic E-state index is 0.141. The Kier molecular flexibility index (Phi) is 6.13. The lowest BCUT2D eigenvalue weighted by Crippen LogP contribution is -2.32. The van der Waals surface area contributed by atoms with Gasteiger partial charge in [0.1, 0.15) is 5.75 Å². The second-order valence-electron chi connectivity index (χ2n) is 7.61. The number of nitrogens with zero attached hydrogens (tertiary/aromatic N) is 3. The van der Waals surface area contributed by atoms with E-state index in [1.54, 1.807) is 13.3 Å². The molecule has 156 valence electrons. The molecule has 2 aromatic carbocycles. The summed E-state index contributed by atoms with van der Waals surface area (Å²) in [5.41, 5.74) is 4.75. The molecule has 5 nitrogen and oxygen atoms in total. The second kappa shape index (κ2) is 8.96. The monoisotopic (exact) mass is 421 g/mol. The van der Waals surface area contributed by atoms with Gasteiger partial charge >= 0.3 is 0 Å². The van der Waals surface area contributed by atoms with Gasteiger partial charge in [0.15, 0.2) is 5.16 Å². The van der Waals surface area contributed by atoms with E-state index in [0.29, 0.717) is 5.75 Å². The van der Waals surface area contributed by atoms with E-state index in [9.17, 15) is 4.79 Å². The molecular weight excluding hydrogens is 394 g/mol. The number of aryl methyl sites for hydroxylation is 1. The molecule has 0 spiro atoms. The first-order valence-electron chi connectivity index (χ1n) is 10.2. The van der Waals surface area contributed by atoms with Crippen molar-refractivity contribution in [2.75, 3.05) is 19.4 Å². The van der Waals surface area contributed by atoms with Crippen LogP contribution >= 0.6 is 11.8 Å². The zero-order valence-corrected chi connectivity index (χ0v) is 18.5. The number of likely N-dealkylation sites (tertiary alicyclic amines) is 1. The molecule has 6 heteroatoms. The smallest absolute Gasteiger partial charge is 0.233 e. The van der Waals surface area contributed by atoms with Gasteiger partial charge in [0.25, 0.3) is 0 Å². The van der Waals surface area contributed by atoms with E-state index in [2.05, 4.69) is 53.7 Å². The normalized spacial score (nSPS) is 16.1. The third kappa shape index (κ3) is 4.10. The highest BCUT2D eigenvalue weighted by atomic mass is 32.2. The number of amides is 1. The van der Waals surface area contributed by atoms with Crippen LogP contribution in [0.3, 0.4) is 0 Å². The average Bonchev–Trinajstić information content (AvgIpc) is 3.44. The van der Waals surface area contributed by atoms with Crippen LogP contribution in [0.25, 0.3) is 5.69 Å². The summed E-state index contributed by atoms with van der Waals surface area (Å²) in [6.45, 7) is 5.04. The zero-order chi connectivity index (χ0) is 21.1. The van der Waals surface area contributed by atoms with Crippen LogP contribution in [-0.4, -0.2) is 39.8 Å². The van der Waals surface area contributed by atoms with Gasteiger partial charge in [-0.05, 0) is 61.6 Å². The summed E-state index contributed by atoms with van der Waals surface area (Å²) in [6.07, 6.45) is 5.79. The number of thioether (sulfide) groups is 1. The summed E-state index contributed by atoms with van der Waals surface area (Å²) in [4.78, 5) is 19.6. The Balaban J connectivity index is 1.46. The fourth-order valence-corrected chi connectivity index (χ4v) is 4.88. The molecule has 0 bridgehead atoms. The molecular formula is C24H27N3O2S. The first kappa shape index (κ1) is 20.5. The minimum Gasteiger partial charge on any atom is -0.497 e. The van der Waals surface area contributed by atoms with Crippen molar-refractivity contribution in [3.8, 4) is 11.4 Å². The van der Waals surface area contributed by atoms with E-state index < -0.39 is 0 Å². The van der Waals surface area contributed by atoms with Crippen LogP contribution in [0.15, 0.2) is 60.0 Å². The number of carbonyl (C=O) groups excluding carboxylic acids is 1. The Morgan fingerprint density at radius 3 is 2.77 bits per heavy atom. The molecule has 0 aliphatic carbocycles. The van der Waals surface area contributed by atoms with Crippen LogP contribution in [-0.2, 0) is 4.79 Å². The number of ether oxygens (including phenoxy) is 1. The van der Waals surface area contributed by atoms with Crippen molar-refractivity contribution >= 4 is 17.7 Å². The van der Waals surface area contributed by atoms with E-state index in [1.807, 2.05) is 23.2 Å². The number of hydrogen-bond donors (Lipinski definition) is 0. The number of rotatable bonds is 6. The Morgan fingerprint density at radius 1 is 1.20 bits per heavy atom. The lowest BCUT2D eigenvalue weighted by Gasteiger charge is -2.25. The molecule has 1 amide bonds. The lowest BCUT2D eigenvalue weighted by molar-refractivity contribution is -0.129. The van der Waals surface area contributed by atoms with Crippen molar-refractivity contribution in [2.45, 2.75) is 37.9 Å². The molecule has 2 heterocycles. The predicted molar refractivity (Wildman–Crippen MR) is 120 cm³/mol. The van der Waals surface area contributed by atoms with Crippen LogP contribution in [0.5, 0.6) is 5.75 Å². The molecule has 0 N–H and O–H groups in total. The number of carbonyl (C=O) groups is 1. The van der Waals surface area contributed by atoms with Gasteiger partial charge in [0.05, 0.1) is 24.6 Å². The van der Waals surface area contributed by atoms with E-state index >= 15 is 0 Å². The Bertz CT molecular complexity index is 1030. The highest BCUT2D eigenvalue weighted by molar-refractivity contribution is 7.99. The molecule has 0 saturated carbocycles. The predicted octanol–water partition coefficient (Wildman–Crippen LogP) is 4.95. The number of benzene rings is 2. The number of methoxy groups -OCH3 is 1. The molecule has 3 aromatic rings. The molecule has 1 unspecified atom stereocenters. The zero-order valence-electron chi connectivity index (χ0n) is 17.7. The highest BCUT2D eigenvalue weighted by Gasteiger charge is 2.30. The summed E-state index contributed by atoms with van der Waals surface area (Å²) in [7, 11) is 1.67. The summed E-state index contributed by atoms with van der Waals surface area (Å²) in [5.74, 6) is 1.38. The summed E-state index contributed by atoms with van der Waals surface area (Å²) in [6, 6.07) is 14.5. The van der Waals surface area contributed by atoms with Crippen molar-refractivity contribution in [2.24, 2.45) is 0 Å². The van der Waals surface area contributed by atoms with Gasteiger partial charge in [-0.2, -0.15) is 0 Å². The number of imidazole rings is 1. The average molecular weight is 422 g/mol. The van der Waals surface area contributed by atoms with Crippen molar-refractivity contribution in [1.29, 1.82) is 0 Å². The van der Waals surface area contributed by atoms with Crippen LogP contribution in [0.2, 0.25) is 0 Å². The van der Waals surface area contributed by atoms with E-state index in [1.165, 1.54) is 28.5 Å². The molecule has 30 heavy (non-hydrogen) atoms. The first-order valence-corrected chi connectivity index (χ1v) is 11.2. The van der Waals surface area contributed by atoms with Gasteiger partial charge in [0.2, 0.25) is 5.91 Å². The Morgan fingerprint density at radius 2 is 2.00 bits per heavy atom. The lowest BCUT2D eigenvalue weighted by atomic mass is 10.0. The highest BCUT2D eigenvalue weighted by Crippen LogP contribution is 2.34. The first-order chi connectivity index (χ1) is 14.6. The maximum Gasteiger partial charge on any atom is 0.233 e. The molecule has 1 aromatic heterocycles. The minimum atomic E-state index is 0.141. The number of aromatic nitrogens is 2. The summed E-state index contributed by atoms with van der Waals surface area (Å²) >= 11 is 1.50. The maximum absolute atomic E-state index is 13.1.